The second kappa shape index (κ2) is 12.5. The van der Waals surface area contributed by atoms with Crippen LogP contribution in [-0.4, -0.2) is 60.9 Å². The van der Waals surface area contributed by atoms with Gasteiger partial charge in [0.2, 0.25) is 5.91 Å². The Bertz CT molecular complexity index is 1390. The number of rotatable bonds is 9. The van der Waals surface area contributed by atoms with Gasteiger partial charge in [0.15, 0.2) is 5.78 Å². The van der Waals surface area contributed by atoms with Crippen molar-refractivity contribution in [2.45, 2.75) is 57.9 Å². The van der Waals surface area contributed by atoms with Crippen molar-refractivity contribution in [1.29, 1.82) is 0 Å². The standard InChI is InChI=1S/C30H36ClN3O6/c1-18(35)21-8-6-19(31)14-22(21)23-16-28(36)34(17-27(23)38-5)25(10-12-40-30(2,3)4)29(37)33-20-7-9-26-24(15-20)32-11-13-39-26/h6-9,14-17,24-26,32H,10-13H2,1-5H3,(H,33,37). The molecule has 3 unspecified atom stereocenters. The van der Waals surface area contributed by atoms with Gasteiger partial charge in [-0.1, -0.05) is 17.7 Å². The first kappa shape index (κ1) is 29.7. The molecule has 0 radical (unpaired) electrons. The van der Waals surface area contributed by atoms with Crippen LogP contribution in [0, 0.1) is 0 Å². The highest BCUT2D eigenvalue weighted by atomic mass is 35.5. The van der Waals surface area contributed by atoms with Crippen LogP contribution >= 0.6 is 11.6 Å². The minimum Gasteiger partial charge on any atom is -0.495 e. The number of hydrogen-bond donors (Lipinski definition) is 2. The Kier molecular flexibility index (Phi) is 9.30. The van der Waals surface area contributed by atoms with Crippen LogP contribution in [0.1, 0.15) is 50.5 Å². The molecular formula is C30H36ClN3O6. The molecule has 0 saturated carbocycles. The maximum atomic E-state index is 13.7. The maximum Gasteiger partial charge on any atom is 0.252 e. The Morgan fingerprint density at radius 2 is 2.02 bits per heavy atom. The van der Waals surface area contributed by atoms with Crippen LogP contribution in [0.3, 0.4) is 0 Å². The van der Waals surface area contributed by atoms with Crippen molar-refractivity contribution in [1.82, 2.24) is 15.2 Å². The van der Waals surface area contributed by atoms with E-state index in [0.29, 0.717) is 39.8 Å². The molecule has 2 N–H and O–H groups in total. The van der Waals surface area contributed by atoms with Gasteiger partial charge < -0.3 is 24.8 Å². The van der Waals surface area contributed by atoms with Crippen molar-refractivity contribution >= 4 is 23.3 Å². The third kappa shape index (κ3) is 7.09. The Hall–Kier alpha value is -3.24. The normalized spacial score (nSPS) is 19.4. The number of methoxy groups -OCH3 is 1. The van der Waals surface area contributed by atoms with Crippen molar-refractivity contribution in [3.8, 4) is 16.9 Å². The minimum atomic E-state index is -0.896. The molecule has 1 aliphatic carbocycles. The molecule has 2 aliphatic rings. The Labute approximate surface area is 239 Å². The molecule has 0 bridgehead atoms. The van der Waals surface area contributed by atoms with Gasteiger partial charge in [0, 0.05) is 47.5 Å². The molecule has 10 heteroatoms. The van der Waals surface area contributed by atoms with E-state index < -0.39 is 17.2 Å². The van der Waals surface area contributed by atoms with Gasteiger partial charge >= 0.3 is 0 Å². The molecule has 2 aromatic rings. The third-order valence-corrected chi connectivity index (χ3v) is 6.95. The summed E-state index contributed by atoms with van der Waals surface area (Å²) < 4.78 is 18.6. The molecule has 1 aromatic carbocycles. The average Bonchev–Trinajstić information content (AvgIpc) is 2.90. The number of nitrogens with one attached hydrogen (secondary N) is 2. The van der Waals surface area contributed by atoms with Crippen LogP contribution < -0.4 is 20.9 Å². The number of morpholine rings is 1. The predicted octanol–water partition coefficient (Wildman–Crippen LogP) is 4.05. The van der Waals surface area contributed by atoms with E-state index in [4.69, 9.17) is 25.8 Å². The highest BCUT2D eigenvalue weighted by Crippen LogP contribution is 2.34. The molecule has 214 valence electrons. The lowest BCUT2D eigenvalue weighted by molar-refractivity contribution is -0.124. The summed E-state index contributed by atoms with van der Waals surface area (Å²) in [4.78, 5) is 39.5. The molecule has 4 rings (SSSR count). The predicted molar refractivity (Wildman–Crippen MR) is 154 cm³/mol. The number of ketones is 1. The molecule has 1 amide bonds. The van der Waals surface area contributed by atoms with Crippen LogP contribution in [0.25, 0.3) is 11.1 Å². The van der Waals surface area contributed by atoms with Crippen molar-refractivity contribution < 1.29 is 23.8 Å². The summed E-state index contributed by atoms with van der Waals surface area (Å²) in [5, 5.41) is 6.75. The van der Waals surface area contributed by atoms with E-state index in [2.05, 4.69) is 10.6 Å². The fourth-order valence-electron chi connectivity index (χ4n) is 4.79. The summed E-state index contributed by atoms with van der Waals surface area (Å²) >= 11 is 6.23. The van der Waals surface area contributed by atoms with Gasteiger partial charge in [0.25, 0.3) is 5.56 Å². The number of fused-ring (bicyclic) bond motifs is 1. The highest BCUT2D eigenvalue weighted by molar-refractivity contribution is 6.31. The Morgan fingerprint density at radius 1 is 1.25 bits per heavy atom. The molecule has 0 spiro atoms. The van der Waals surface area contributed by atoms with E-state index in [1.807, 2.05) is 39.0 Å². The molecule has 3 atom stereocenters. The molecule has 1 aliphatic heterocycles. The van der Waals surface area contributed by atoms with Crippen molar-refractivity contribution in [2.75, 3.05) is 26.9 Å². The van der Waals surface area contributed by atoms with Gasteiger partial charge in [-0.2, -0.15) is 0 Å². The van der Waals surface area contributed by atoms with E-state index in [-0.39, 0.29) is 36.9 Å². The number of carbonyl (C=O) groups is 2. The summed E-state index contributed by atoms with van der Waals surface area (Å²) in [5.41, 5.74) is 1.06. The number of ether oxygens (including phenoxy) is 3. The largest absolute Gasteiger partial charge is 0.495 e. The quantitative estimate of drug-likeness (QED) is 0.439. The summed E-state index contributed by atoms with van der Waals surface area (Å²) in [6.07, 6.45) is 7.29. The zero-order chi connectivity index (χ0) is 29.0. The zero-order valence-corrected chi connectivity index (χ0v) is 24.2. The first-order chi connectivity index (χ1) is 19.0. The summed E-state index contributed by atoms with van der Waals surface area (Å²) in [7, 11) is 1.47. The van der Waals surface area contributed by atoms with Gasteiger partial charge in [-0.3, -0.25) is 19.0 Å². The lowest BCUT2D eigenvalue weighted by atomic mass is 9.97. The molecule has 1 saturated heterocycles. The first-order valence-corrected chi connectivity index (χ1v) is 13.7. The van der Waals surface area contributed by atoms with Gasteiger partial charge in [-0.05, 0) is 63.6 Å². The number of nitrogens with zero attached hydrogens (tertiary/aromatic N) is 1. The van der Waals surface area contributed by atoms with Crippen LogP contribution in [0.2, 0.25) is 5.02 Å². The molecule has 1 fully saturated rings. The fraction of sp³-hybridized carbons (Fsp3) is 0.433. The number of carbonyl (C=O) groups excluding carboxylic acids is 2. The van der Waals surface area contributed by atoms with Gasteiger partial charge in [-0.15, -0.1) is 0 Å². The van der Waals surface area contributed by atoms with Crippen molar-refractivity contribution in [3.05, 3.63) is 75.3 Å². The highest BCUT2D eigenvalue weighted by Gasteiger charge is 2.28. The summed E-state index contributed by atoms with van der Waals surface area (Å²) in [5.74, 6) is -0.224. The molecule has 2 heterocycles. The van der Waals surface area contributed by atoms with Gasteiger partial charge in [-0.25, -0.2) is 0 Å². The van der Waals surface area contributed by atoms with E-state index in [1.54, 1.807) is 18.2 Å². The van der Waals surface area contributed by atoms with Crippen LogP contribution in [0.4, 0.5) is 0 Å². The monoisotopic (exact) mass is 569 g/mol. The van der Waals surface area contributed by atoms with Crippen molar-refractivity contribution in [3.63, 3.8) is 0 Å². The van der Waals surface area contributed by atoms with Crippen LogP contribution in [0.15, 0.2) is 59.2 Å². The Balaban J connectivity index is 1.70. The lowest BCUT2D eigenvalue weighted by Crippen LogP contribution is -2.48. The smallest absolute Gasteiger partial charge is 0.252 e. The second-order valence-corrected chi connectivity index (χ2v) is 11.2. The van der Waals surface area contributed by atoms with Crippen LogP contribution in [0.5, 0.6) is 5.75 Å². The fourth-order valence-corrected chi connectivity index (χ4v) is 4.96. The van der Waals surface area contributed by atoms with Gasteiger partial charge in [0.1, 0.15) is 11.8 Å². The number of amides is 1. The number of halogens is 1. The third-order valence-electron chi connectivity index (χ3n) is 6.72. The summed E-state index contributed by atoms with van der Waals surface area (Å²) in [6.45, 7) is 8.82. The minimum absolute atomic E-state index is 0.0491. The molecule has 40 heavy (non-hydrogen) atoms. The van der Waals surface area contributed by atoms with Crippen molar-refractivity contribution in [2.24, 2.45) is 0 Å². The van der Waals surface area contributed by atoms with E-state index in [1.165, 1.54) is 30.9 Å². The first-order valence-electron chi connectivity index (χ1n) is 13.3. The zero-order valence-electron chi connectivity index (χ0n) is 23.5. The second-order valence-electron chi connectivity index (χ2n) is 10.8. The number of benzene rings is 1. The molecular weight excluding hydrogens is 534 g/mol. The van der Waals surface area contributed by atoms with E-state index in [0.717, 1.165) is 6.54 Å². The number of aromatic nitrogens is 1. The van der Waals surface area contributed by atoms with Gasteiger partial charge in [0.05, 0.1) is 37.7 Å². The van der Waals surface area contributed by atoms with E-state index in [9.17, 15) is 14.4 Å². The lowest BCUT2D eigenvalue weighted by Gasteiger charge is -2.32. The number of Topliss-reactive ketones (excluding diaryl/α,β-unsaturated/α-hetero) is 1. The molecule has 1 aromatic heterocycles. The average molecular weight is 570 g/mol. The number of hydrogen-bond acceptors (Lipinski definition) is 7. The SMILES string of the molecule is COc1cn(C(CCOC(C)(C)C)C(=O)NC2=CC3NCCOC3C=C2)c(=O)cc1-c1cc(Cl)ccc1C(C)=O. The number of pyridine rings is 1. The number of allylic oxidation sites excluding steroid dienone is 1. The maximum absolute atomic E-state index is 13.7. The van der Waals surface area contributed by atoms with E-state index >= 15 is 0 Å². The van der Waals surface area contributed by atoms with Crippen LogP contribution in [-0.2, 0) is 14.3 Å². The topological polar surface area (TPSA) is 108 Å². The molecule has 9 nitrogen and oxygen atoms in total. The Morgan fingerprint density at radius 3 is 2.73 bits per heavy atom. The summed E-state index contributed by atoms with van der Waals surface area (Å²) in [6, 6.07) is 5.29.